The molecule has 0 unspecified atom stereocenters. The van der Waals surface area contributed by atoms with E-state index >= 15 is 0 Å². The van der Waals surface area contributed by atoms with Gasteiger partial charge in [0, 0.05) is 11.1 Å². The fraction of sp³-hybridized carbons (Fsp3) is 0.0476. The Balaban J connectivity index is 1.56. The van der Waals surface area contributed by atoms with Gasteiger partial charge in [-0.3, -0.25) is 4.79 Å². The zero-order chi connectivity index (χ0) is 18.6. The van der Waals surface area contributed by atoms with Crippen LogP contribution in [0.5, 0.6) is 0 Å². The highest BCUT2D eigenvalue weighted by Crippen LogP contribution is 2.20. The highest BCUT2D eigenvalue weighted by molar-refractivity contribution is 6.04. The second-order valence-electron chi connectivity index (χ2n) is 6.02. The molecule has 1 N–H and O–H groups in total. The molecular formula is C21H17N5O. The van der Waals surface area contributed by atoms with E-state index in [9.17, 15) is 4.79 Å². The van der Waals surface area contributed by atoms with E-state index < -0.39 is 0 Å². The van der Waals surface area contributed by atoms with E-state index in [0.29, 0.717) is 17.1 Å². The van der Waals surface area contributed by atoms with Gasteiger partial charge in [-0.25, -0.2) is 4.68 Å². The first-order valence-electron chi connectivity index (χ1n) is 8.53. The number of nitrogens with zero attached hydrogens (tertiary/aromatic N) is 4. The Hall–Kier alpha value is -3.80. The highest BCUT2D eigenvalue weighted by atomic mass is 16.1. The first-order chi connectivity index (χ1) is 13.2. The average Bonchev–Trinajstić information content (AvgIpc) is 3.09. The molecule has 0 aliphatic carbocycles. The van der Waals surface area contributed by atoms with Gasteiger partial charge in [0.25, 0.3) is 5.91 Å². The van der Waals surface area contributed by atoms with Crippen molar-refractivity contribution in [2.24, 2.45) is 0 Å². The number of aromatic nitrogens is 4. The third kappa shape index (κ3) is 3.46. The summed E-state index contributed by atoms with van der Waals surface area (Å²) in [5.74, 6) is 0.413. The maximum Gasteiger partial charge on any atom is 0.255 e. The van der Waals surface area contributed by atoms with Gasteiger partial charge in [0.2, 0.25) is 0 Å². The molecule has 0 fully saturated rings. The summed E-state index contributed by atoms with van der Waals surface area (Å²) in [7, 11) is 0. The lowest BCUT2D eigenvalue weighted by atomic mass is 10.1. The van der Waals surface area contributed by atoms with Crippen molar-refractivity contribution in [2.75, 3.05) is 5.32 Å². The predicted octanol–water partition coefficient (Wildman–Crippen LogP) is 3.89. The Morgan fingerprint density at radius 2 is 1.59 bits per heavy atom. The van der Waals surface area contributed by atoms with E-state index in [4.69, 9.17) is 0 Å². The van der Waals surface area contributed by atoms with Crippen LogP contribution in [-0.2, 0) is 0 Å². The number of carbonyl (C=O) groups excluding carboxylic acids is 1. The Morgan fingerprint density at radius 3 is 2.26 bits per heavy atom. The smallest absolute Gasteiger partial charge is 0.255 e. The third-order valence-electron chi connectivity index (χ3n) is 4.23. The van der Waals surface area contributed by atoms with Crippen molar-refractivity contribution < 1.29 is 4.79 Å². The van der Waals surface area contributed by atoms with Crippen molar-refractivity contribution >= 4 is 11.6 Å². The SMILES string of the molecule is Cc1c(NC(=O)c2ccccc2)cnn1-c1ccc(-c2ccccc2)nn1. The van der Waals surface area contributed by atoms with Gasteiger partial charge in [-0.15, -0.1) is 10.2 Å². The fourth-order valence-corrected chi connectivity index (χ4v) is 2.75. The van der Waals surface area contributed by atoms with Gasteiger partial charge in [-0.05, 0) is 31.2 Å². The normalized spacial score (nSPS) is 10.6. The number of benzene rings is 2. The molecule has 4 aromatic rings. The summed E-state index contributed by atoms with van der Waals surface area (Å²) in [6.07, 6.45) is 1.61. The fourth-order valence-electron chi connectivity index (χ4n) is 2.75. The lowest BCUT2D eigenvalue weighted by Gasteiger charge is -2.06. The molecule has 2 heterocycles. The summed E-state index contributed by atoms with van der Waals surface area (Å²) < 4.78 is 1.66. The van der Waals surface area contributed by atoms with Crippen LogP contribution in [0.25, 0.3) is 17.1 Å². The van der Waals surface area contributed by atoms with Crippen LogP contribution in [0.1, 0.15) is 16.1 Å². The van der Waals surface area contributed by atoms with Gasteiger partial charge in [-0.2, -0.15) is 5.10 Å². The molecule has 0 bridgehead atoms. The lowest BCUT2D eigenvalue weighted by Crippen LogP contribution is -2.12. The third-order valence-corrected chi connectivity index (χ3v) is 4.23. The zero-order valence-electron chi connectivity index (χ0n) is 14.7. The number of rotatable bonds is 4. The van der Waals surface area contributed by atoms with Gasteiger partial charge < -0.3 is 5.32 Å². The molecule has 1 amide bonds. The molecule has 6 heteroatoms. The van der Waals surface area contributed by atoms with Crippen molar-refractivity contribution in [1.82, 2.24) is 20.0 Å². The van der Waals surface area contributed by atoms with Crippen molar-refractivity contribution in [2.45, 2.75) is 6.92 Å². The second kappa shape index (κ2) is 7.21. The van der Waals surface area contributed by atoms with Crippen molar-refractivity contribution in [3.8, 4) is 17.1 Å². The molecule has 0 atom stereocenters. The number of hydrogen-bond donors (Lipinski definition) is 1. The van der Waals surface area contributed by atoms with Crippen LogP contribution in [0.4, 0.5) is 5.69 Å². The molecule has 0 aliphatic rings. The van der Waals surface area contributed by atoms with Gasteiger partial charge >= 0.3 is 0 Å². The van der Waals surface area contributed by atoms with Crippen LogP contribution in [0.2, 0.25) is 0 Å². The van der Waals surface area contributed by atoms with E-state index in [1.807, 2.05) is 67.6 Å². The lowest BCUT2D eigenvalue weighted by molar-refractivity contribution is 0.102. The monoisotopic (exact) mass is 355 g/mol. The number of anilines is 1. The Bertz CT molecular complexity index is 1060. The largest absolute Gasteiger partial charge is 0.319 e. The Labute approximate surface area is 156 Å². The highest BCUT2D eigenvalue weighted by Gasteiger charge is 2.13. The molecule has 2 aromatic heterocycles. The molecule has 0 radical (unpaired) electrons. The Kier molecular flexibility index (Phi) is 4.45. The molecule has 6 nitrogen and oxygen atoms in total. The maximum atomic E-state index is 12.3. The topological polar surface area (TPSA) is 72.7 Å². The standard InChI is InChI=1S/C21H17N5O/c1-15-19(23-21(27)17-10-6-3-7-11-17)14-22-26(15)20-13-12-18(24-25-20)16-8-4-2-5-9-16/h2-14H,1H3,(H,23,27). The summed E-state index contributed by atoms with van der Waals surface area (Å²) in [6, 6.07) is 22.7. The number of nitrogens with one attached hydrogen (secondary N) is 1. The molecule has 2 aromatic carbocycles. The van der Waals surface area contributed by atoms with Gasteiger partial charge in [0.05, 0.1) is 23.3 Å². The molecule has 0 saturated carbocycles. The number of carbonyl (C=O) groups is 1. The van der Waals surface area contributed by atoms with Crippen molar-refractivity contribution in [3.63, 3.8) is 0 Å². The quantitative estimate of drug-likeness (QED) is 0.603. The second-order valence-corrected chi connectivity index (χ2v) is 6.02. The van der Waals surface area contributed by atoms with Crippen molar-refractivity contribution in [1.29, 1.82) is 0 Å². The van der Waals surface area contributed by atoms with E-state index in [-0.39, 0.29) is 5.91 Å². The zero-order valence-corrected chi connectivity index (χ0v) is 14.7. The maximum absolute atomic E-state index is 12.3. The van der Waals surface area contributed by atoms with Crippen LogP contribution in [0.15, 0.2) is 79.0 Å². The summed E-state index contributed by atoms with van der Waals surface area (Å²) in [5, 5.41) is 15.8. The Morgan fingerprint density at radius 1 is 0.889 bits per heavy atom. The van der Waals surface area contributed by atoms with E-state index in [2.05, 4.69) is 20.6 Å². The van der Waals surface area contributed by atoms with Gasteiger partial charge in [-0.1, -0.05) is 48.5 Å². The van der Waals surface area contributed by atoms with E-state index in [1.54, 1.807) is 23.0 Å². The number of amides is 1. The average molecular weight is 355 g/mol. The van der Waals surface area contributed by atoms with Crippen LogP contribution < -0.4 is 5.32 Å². The van der Waals surface area contributed by atoms with Gasteiger partial charge in [0.1, 0.15) is 0 Å². The molecule has 132 valence electrons. The van der Waals surface area contributed by atoms with Crippen LogP contribution >= 0.6 is 0 Å². The molecule has 4 rings (SSSR count). The summed E-state index contributed by atoms with van der Waals surface area (Å²) in [4.78, 5) is 12.3. The molecular weight excluding hydrogens is 338 g/mol. The molecule has 0 saturated heterocycles. The number of hydrogen-bond acceptors (Lipinski definition) is 4. The molecule has 0 spiro atoms. The summed E-state index contributed by atoms with van der Waals surface area (Å²) >= 11 is 0. The van der Waals surface area contributed by atoms with Crippen LogP contribution in [0.3, 0.4) is 0 Å². The summed E-state index contributed by atoms with van der Waals surface area (Å²) in [5.41, 5.74) is 3.81. The van der Waals surface area contributed by atoms with Crippen molar-refractivity contribution in [3.05, 3.63) is 90.3 Å². The summed E-state index contributed by atoms with van der Waals surface area (Å²) in [6.45, 7) is 1.88. The van der Waals surface area contributed by atoms with Crippen LogP contribution in [0, 0.1) is 6.92 Å². The van der Waals surface area contributed by atoms with Gasteiger partial charge in [0.15, 0.2) is 5.82 Å². The first kappa shape index (κ1) is 16.7. The van der Waals surface area contributed by atoms with E-state index in [1.165, 1.54) is 0 Å². The molecule has 0 aliphatic heterocycles. The van der Waals surface area contributed by atoms with E-state index in [0.717, 1.165) is 17.0 Å². The first-order valence-corrected chi connectivity index (χ1v) is 8.53. The minimum atomic E-state index is -0.177. The minimum Gasteiger partial charge on any atom is -0.319 e. The predicted molar refractivity (Wildman–Crippen MR) is 104 cm³/mol. The molecule has 27 heavy (non-hydrogen) atoms. The minimum absolute atomic E-state index is 0.177. The van der Waals surface area contributed by atoms with Crippen LogP contribution in [-0.4, -0.2) is 25.9 Å².